The third kappa shape index (κ3) is 15.6. The van der Waals surface area contributed by atoms with Gasteiger partial charge in [0.15, 0.2) is 54.3 Å². The largest absolute Gasteiger partial charge is 0.504 e. The van der Waals surface area contributed by atoms with Gasteiger partial charge < -0.3 is 92.9 Å². The molecule has 0 spiro atoms. The van der Waals surface area contributed by atoms with Crippen LogP contribution in [0, 0.1) is 45.6 Å². The lowest BCUT2D eigenvalue weighted by molar-refractivity contribution is -0.0726. The van der Waals surface area contributed by atoms with Crippen molar-refractivity contribution in [3.8, 4) is 97.3 Å². The van der Waals surface area contributed by atoms with Crippen molar-refractivity contribution < 1.29 is 86.5 Å². The highest BCUT2D eigenvalue weighted by Gasteiger charge is 2.58. The molecule has 16 rings (SSSR count). The van der Waals surface area contributed by atoms with Gasteiger partial charge in [0.1, 0.15) is 48.3 Å². The molecule has 2 bridgehead atoms. The summed E-state index contributed by atoms with van der Waals surface area (Å²) in [6.07, 6.45) is 0.307. The number of nitrogens with one attached hydrogen (secondary N) is 3. The summed E-state index contributed by atoms with van der Waals surface area (Å²) in [7, 11) is 14.5. The molecule has 127 heavy (non-hydrogen) atoms. The molecule has 11 atom stereocenters. The number of carbonyl (C=O) groups excluding carboxylic acids is 2. The number of morpholine rings is 1. The zero-order chi connectivity index (χ0) is 90.6. The first-order valence-corrected chi connectivity index (χ1v) is 46.5. The van der Waals surface area contributed by atoms with Gasteiger partial charge >= 0.3 is 12.2 Å². The van der Waals surface area contributed by atoms with E-state index in [-0.39, 0.29) is 90.8 Å². The third-order valence-corrected chi connectivity index (χ3v) is 34.4. The van der Waals surface area contributed by atoms with Gasteiger partial charge in [-0.25, -0.2) is 21.1 Å². The molecule has 2 amide bonds. The van der Waals surface area contributed by atoms with Crippen LogP contribution in [0.2, 0.25) is 17.6 Å². The highest BCUT2D eigenvalue weighted by molar-refractivity contribution is 6.75. The Bertz CT molecular complexity index is 5500. The minimum Gasteiger partial charge on any atom is -0.504 e. The maximum Gasteiger partial charge on any atom is 0.407 e. The number of carbonyl (C=O) groups is 2. The van der Waals surface area contributed by atoms with Gasteiger partial charge in [0.2, 0.25) is 0 Å². The van der Waals surface area contributed by atoms with E-state index in [2.05, 4.69) is 129 Å². The second-order valence-corrected chi connectivity index (χ2v) is 40.4. The summed E-state index contributed by atoms with van der Waals surface area (Å²) in [5, 5.41) is 69.2. The number of fused-ring (bicyclic) bond motifs is 15. The molecule has 8 aromatic carbocycles. The first-order valence-electron chi connectivity index (χ1n) is 43.9. The predicted octanol–water partition coefficient (Wildman–Crippen LogP) is 15.2. The Hall–Kier alpha value is -11.2. The molecular weight excluding hydrogens is 1630 g/mol. The van der Waals surface area contributed by atoms with E-state index < -0.39 is 69.0 Å². The average molecular weight is 1750 g/mol. The molecule has 674 valence electrons. The highest BCUT2D eigenvalue weighted by atomic mass is 28.4. The van der Waals surface area contributed by atoms with Gasteiger partial charge in [-0.15, -0.1) is 0 Å². The van der Waals surface area contributed by atoms with Crippen LogP contribution in [0.25, 0.3) is 27.1 Å². The Labute approximate surface area is 745 Å². The minimum absolute atomic E-state index is 0.00379. The van der Waals surface area contributed by atoms with Gasteiger partial charge in [-0.05, 0) is 130 Å². The number of nitriles is 1. The molecule has 6 aliphatic heterocycles. The molecule has 2 saturated heterocycles. The van der Waals surface area contributed by atoms with E-state index in [1.807, 2.05) is 90.3 Å². The monoisotopic (exact) mass is 1750 g/mol. The molecule has 8 aromatic rings. The van der Waals surface area contributed by atoms with Crippen molar-refractivity contribution in [1.29, 1.82) is 5.26 Å². The number of amides is 2. The number of methoxy groups -OCH3 is 8. The molecule has 27 nitrogen and oxygen atoms in total. The fourth-order valence-electron chi connectivity index (χ4n) is 22.5. The van der Waals surface area contributed by atoms with Crippen molar-refractivity contribution in [2.24, 2.45) is 0 Å². The predicted molar refractivity (Wildman–Crippen MR) is 485 cm³/mol. The number of hydrogen-bond acceptors (Lipinski definition) is 24. The van der Waals surface area contributed by atoms with Gasteiger partial charge in [0.25, 0.3) is 6.17 Å². The van der Waals surface area contributed by atoms with Crippen LogP contribution in [-0.4, -0.2) is 227 Å². The topological polar surface area (TPSA) is 303 Å². The molecule has 28 heteroatoms. The highest BCUT2D eigenvalue weighted by Crippen LogP contribution is 2.61. The van der Waals surface area contributed by atoms with Crippen molar-refractivity contribution >= 4 is 20.5 Å². The summed E-state index contributed by atoms with van der Waals surface area (Å²) in [5.41, 5.74) is 17.9. The second-order valence-electron chi connectivity index (χ2n) is 35.4. The van der Waals surface area contributed by atoms with Gasteiger partial charge in [-0.1, -0.05) is 125 Å². The van der Waals surface area contributed by atoms with Crippen molar-refractivity contribution in [1.82, 2.24) is 35.6 Å². The Morgan fingerprint density at radius 3 is 1.39 bits per heavy atom. The van der Waals surface area contributed by atoms with Crippen LogP contribution in [-0.2, 0) is 44.3 Å². The molecule has 8 aliphatic rings. The molecule has 2 fully saturated rings. The number of alkyl carbamates (subject to hydrolysis) is 2. The SMILES string of the molecule is COc1c(C)c(OC)c2c(c1O)[C@@H]1[C@@H]3Cc4c(OC)c(C)c(OC)c(O)c4[C@H](CNC(=O)OCC4c5ccccc5-c5ccccc54)N3[C@@H](C#N)[C@H](C2)N1C.[C-]#[N+]C(C1Cc2c(OC)c(C)c(OC)c(O)c2C(C2Cc3c(OC)c(C)c(OC)c(O)c3[C@H](CNC(=O)OCC3c4ccccc4-c4ccccc43)N2)N1C)N1CCO[C@@H](CCO[Si](C)(C(C)C)C(C)C)C1. The molecule has 0 saturated carbocycles. The van der Waals surface area contributed by atoms with Crippen molar-refractivity contribution in [3.05, 3.63) is 197 Å². The molecule has 4 unspecified atom stereocenters. The van der Waals surface area contributed by atoms with Crippen LogP contribution in [0.15, 0.2) is 97.1 Å². The lowest BCUT2D eigenvalue weighted by Crippen LogP contribution is -2.68. The summed E-state index contributed by atoms with van der Waals surface area (Å²) in [4.78, 5) is 40.7. The van der Waals surface area contributed by atoms with E-state index in [0.29, 0.717) is 142 Å². The van der Waals surface area contributed by atoms with Gasteiger partial charge in [0, 0.05) is 136 Å². The summed E-state index contributed by atoms with van der Waals surface area (Å²) in [6.45, 7) is 30.1. The Balaban J connectivity index is 0.000000202. The Kier molecular flexibility index (Phi) is 26.6. The number of aromatic hydroxyl groups is 4. The number of piperazine rings is 1. The third-order valence-electron chi connectivity index (χ3n) is 29.0. The minimum atomic E-state index is -1.97. The van der Waals surface area contributed by atoms with E-state index in [4.69, 9.17) is 63.1 Å². The zero-order valence-electron chi connectivity index (χ0n) is 76.3. The molecule has 0 radical (unpaired) electrons. The fourth-order valence-corrected chi connectivity index (χ4v) is 25.1. The second kappa shape index (κ2) is 37.3. The number of rotatable bonds is 25. The number of phenolic OH excluding ortho intramolecular Hbond substituents is 4. The summed E-state index contributed by atoms with van der Waals surface area (Å²) < 4.78 is 72.5. The van der Waals surface area contributed by atoms with Crippen molar-refractivity contribution in [2.75, 3.05) is 124 Å². The lowest BCUT2D eigenvalue weighted by Gasteiger charge is -2.60. The molecule has 2 aliphatic carbocycles. The number of phenols is 4. The van der Waals surface area contributed by atoms with E-state index in [1.54, 1.807) is 28.4 Å². The zero-order valence-corrected chi connectivity index (χ0v) is 77.3. The van der Waals surface area contributed by atoms with Gasteiger partial charge in [0.05, 0.1) is 99.8 Å². The molecular formula is C99H121N9O18Si. The van der Waals surface area contributed by atoms with Gasteiger partial charge in [-0.3, -0.25) is 19.5 Å². The smallest absolute Gasteiger partial charge is 0.407 e. The van der Waals surface area contributed by atoms with Crippen molar-refractivity contribution in [3.63, 3.8) is 0 Å². The summed E-state index contributed by atoms with van der Waals surface area (Å²) in [5.74, 6) is 3.11. The number of hydrogen-bond donors (Lipinski definition) is 7. The van der Waals surface area contributed by atoms with E-state index in [1.165, 1.54) is 28.4 Å². The average Bonchev–Trinajstić information content (AvgIpc) is 1.14. The maximum absolute atomic E-state index is 13.9. The normalized spacial score (nSPS) is 21.9. The molecule has 6 heterocycles. The number of benzene rings is 8. The van der Waals surface area contributed by atoms with Crippen LogP contribution < -0.4 is 53.8 Å². The van der Waals surface area contributed by atoms with E-state index in [0.717, 1.165) is 73.2 Å². The number of ether oxygens (including phenoxy) is 11. The van der Waals surface area contributed by atoms with Crippen molar-refractivity contribution in [2.45, 2.75) is 184 Å². The lowest BCUT2D eigenvalue weighted by atomic mass is 9.71. The Morgan fingerprint density at radius 2 is 0.953 bits per heavy atom. The summed E-state index contributed by atoms with van der Waals surface area (Å²) in [6, 6.07) is 30.6. The first-order chi connectivity index (χ1) is 61.1. The standard InChI is InChI=1S/C56H75N5O10Si.C43H46N4O8/c1-31(2)72(13,32(3)4)71-24-22-35-29-61(23-25-69-35)55(57-7)45-27-41-47(50(63)54(68-12)34(6)52(41)66-10)48(60(45)8)43-26-40-46(49(62)53(67-11)33(5)51(40)65-9)44(59-43)28-58-56(64)70-30-42-38-20-16-14-18-36(38)37-19-15-17-21-39(37)42;1-21-39(51-4)27-17-31-36-35-28(40(52-5)22(2)42(54-7)38(35)49)16-30(46(36)3)32(18-44)47(31)33(34(27)37(48)41(21)53-6)19-45-43(50)55-20-29-25-14-10-8-12-23(25)24-13-9-11-15-26(24)29/h14-21,31-32,35,42-45,48,55,59,62-63H,22-30H2,1-6,8-13H3,(H,58,64);8-15,29-33,36,48-49H,16-17,19-20H2,1-7H3,(H,45,50)/t35-,43?,44-,45?,48?,55?;30-,31-,32-,33-,36-/m00/s1. The molecule has 7 N–H and O–H groups in total. The van der Waals surface area contributed by atoms with Crippen LogP contribution in [0.1, 0.15) is 159 Å². The summed E-state index contributed by atoms with van der Waals surface area (Å²) >= 11 is 0. The van der Waals surface area contributed by atoms with E-state index >= 15 is 0 Å². The fraction of sp³-hybridized carbons (Fsp3) is 0.475. The number of nitrogens with zero attached hydrogens (tertiary/aromatic N) is 6. The van der Waals surface area contributed by atoms with Crippen LogP contribution in [0.4, 0.5) is 9.59 Å². The maximum atomic E-state index is 13.9. The number of likely N-dealkylation sites (N-methyl/N-ethyl adjacent to an activating group) is 2. The quantitative estimate of drug-likeness (QED) is 0.0207. The van der Waals surface area contributed by atoms with Crippen LogP contribution >= 0.6 is 0 Å². The van der Waals surface area contributed by atoms with E-state index in [9.17, 15) is 35.3 Å². The molecule has 0 aromatic heterocycles. The Morgan fingerprint density at radius 1 is 0.551 bits per heavy atom. The van der Waals surface area contributed by atoms with Crippen LogP contribution in [0.5, 0.6) is 69.0 Å². The van der Waals surface area contributed by atoms with Gasteiger partial charge in [-0.2, -0.15) is 5.26 Å². The first kappa shape index (κ1) is 90.6. The van der Waals surface area contributed by atoms with Crippen LogP contribution in [0.3, 0.4) is 0 Å².